The number of likely N-dealkylation sites (N-methyl/N-ethyl adjacent to an activating group) is 1. The van der Waals surface area contributed by atoms with Crippen LogP contribution in [0.15, 0.2) is 30.3 Å². The predicted molar refractivity (Wildman–Crippen MR) is 118 cm³/mol. The number of rotatable bonds is 5. The molecule has 6 heteroatoms. The Balaban J connectivity index is 1.70. The van der Waals surface area contributed by atoms with Crippen molar-refractivity contribution in [3.63, 3.8) is 0 Å². The Bertz CT molecular complexity index is 1040. The molecule has 1 aliphatic carbocycles. The van der Waals surface area contributed by atoms with Crippen molar-refractivity contribution in [2.24, 2.45) is 7.05 Å². The van der Waals surface area contributed by atoms with Gasteiger partial charge in [0.25, 0.3) is 0 Å². The number of aromatic nitrogens is 2. The SMILES string of the molecule is CNC1(C)CCCc2c(c3ccc(Nc4ccc(OC)c(OC)c4)nc3n2C)C1. The molecule has 0 fully saturated rings. The van der Waals surface area contributed by atoms with Crippen molar-refractivity contribution in [3.05, 3.63) is 41.6 Å². The molecular formula is C23H30N4O2. The molecule has 0 radical (unpaired) electrons. The number of methoxy groups -OCH3 is 2. The summed E-state index contributed by atoms with van der Waals surface area (Å²) in [5.74, 6) is 2.22. The van der Waals surface area contributed by atoms with Gasteiger partial charge >= 0.3 is 0 Å². The van der Waals surface area contributed by atoms with E-state index in [2.05, 4.69) is 48.4 Å². The number of benzene rings is 1. The first-order chi connectivity index (χ1) is 14.0. The molecule has 0 aliphatic heterocycles. The number of pyridine rings is 1. The molecule has 154 valence electrons. The molecule has 2 N–H and O–H groups in total. The first-order valence-electron chi connectivity index (χ1n) is 10.1. The molecule has 4 rings (SSSR count). The third-order valence-corrected chi connectivity index (χ3v) is 6.24. The highest BCUT2D eigenvalue weighted by atomic mass is 16.5. The van der Waals surface area contributed by atoms with Crippen LogP contribution in [0.4, 0.5) is 11.5 Å². The third kappa shape index (κ3) is 3.53. The largest absolute Gasteiger partial charge is 0.493 e. The Morgan fingerprint density at radius 1 is 1.10 bits per heavy atom. The van der Waals surface area contributed by atoms with Crippen molar-refractivity contribution < 1.29 is 9.47 Å². The summed E-state index contributed by atoms with van der Waals surface area (Å²) in [7, 11) is 7.48. The fraction of sp³-hybridized carbons (Fsp3) is 0.435. The van der Waals surface area contributed by atoms with E-state index < -0.39 is 0 Å². The highest BCUT2D eigenvalue weighted by molar-refractivity contribution is 5.84. The van der Waals surface area contributed by atoms with Crippen molar-refractivity contribution in [2.45, 2.75) is 38.1 Å². The Hall–Kier alpha value is -2.73. The first-order valence-corrected chi connectivity index (χ1v) is 10.1. The molecule has 29 heavy (non-hydrogen) atoms. The number of ether oxygens (including phenoxy) is 2. The van der Waals surface area contributed by atoms with Gasteiger partial charge in [0.05, 0.1) is 14.2 Å². The van der Waals surface area contributed by atoms with Crippen LogP contribution in [0.3, 0.4) is 0 Å². The van der Waals surface area contributed by atoms with Gasteiger partial charge in [0.2, 0.25) is 0 Å². The molecule has 0 saturated carbocycles. The zero-order valence-electron chi connectivity index (χ0n) is 17.9. The van der Waals surface area contributed by atoms with Gasteiger partial charge in [-0.25, -0.2) is 4.98 Å². The Kier molecular flexibility index (Phi) is 5.13. The Labute approximate surface area is 172 Å². The van der Waals surface area contributed by atoms with Crippen LogP contribution in [-0.4, -0.2) is 36.4 Å². The van der Waals surface area contributed by atoms with Gasteiger partial charge < -0.3 is 24.7 Å². The van der Waals surface area contributed by atoms with E-state index >= 15 is 0 Å². The lowest BCUT2D eigenvalue weighted by Crippen LogP contribution is -2.41. The fourth-order valence-electron chi connectivity index (χ4n) is 4.41. The number of hydrogen-bond acceptors (Lipinski definition) is 5. The average molecular weight is 395 g/mol. The van der Waals surface area contributed by atoms with E-state index in [9.17, 15) is 0 Å². The van der Waals surface area contributed by atoms with E-state index in [1.165, 1.54) is 29.5 Å². The molecule has 1 aliphatic rings. The lowest BCUT2D eigenvalue weighted by Gasteiger charge is -2.27. The van der Waals surface area contributed by atoms with Crippen molar-refractivity contribution in [1.82, 2.24) is 14.9 Å². The van der Waals surface area contributed by atoms with Crippen LogP contribution in [0.5, 0.6) is 11.5 Å². The zero-order chi connectivity index (χ0) is 20.6. The van der Waals surface area contributed by atoms with E-state index in [-0.39, 0.29) is 5.54 Å². The second-order valence-electron chi connectivity index (χ2n) is 8.09. The maximum atomic E-state index is 5.41. The van der Waals surface area contributed by atoms with E-state index in [0.717, 1.165) is 30.0 Å². The summed E-state index contributed by atoms with van der Waals surface area (Å²) in [6, 6.07) is 10.0. The maximum Gasteiger partial charge on any atom is 0.162 e. The summed E-state index contributed by atoms with van der Waals surface area (Å²) in [6.07, 6.45) is 4.50. The van der Waals surface area contributed by atoms with Crippen LogP contribution in [0.2, 0.25) is 0 Å². The molecule has 2 heterocycles. The van der Waals surface area contributed by atoms with Gasteiger partial charge in [0.1, 0.15) is 11.5 Å². The second kappa shape index (κ2) is 7.59. The number of nitrogens with one attached hydrogen (secondary N) is 2. The molecule has 0 bridgehead atoms. The quantitative estimate of drug-likeness (QED) is 0.636. The number of fused-ring (bicyclic) bond motifs is 3. The summed E-state index contributed by atoms with van der Waals surface area (Å²) in [4.78, 5) is 4.94. The molecule has 6 nitrogen and oxygen atoms in total. The second-order valence-corrected chi connectivity index (χ2v) is 8.09. The van der Waals surface area contributed by atoms with Gasteiger partial charge in [-0.3, -0.25) is 0 Å². The highest BCUT2D eigenvalue weighted by Gasteiger charge is 2.30. The van der Waals surface area contributed by atoms with E-state index in [0.29, 0.717) is 11.5 Å². The van der Waals surface area contributed by atoms with Gasteiger partial charge in [-0.1, -0.05) is 0 Å². The molecule has 1 unspecified atom stereocenters. The summed E-state index contributed by atoms with van der Waals surface area (Å²) in [5, 5.41) is 8.19. The predicted octanol–water partition coefficient (Wildman–Crippen LogP) is 4.19. The molecule has 0 amide bonds. The van der Waals surface area contributed by atoms with Gasteiger partial charge in [0.15, 0.2) is 11.5 Å². The van der Waals surface area contributed by atoms with Crippen molar-refractivity contribution in [2.75, 3.05) is 26.6 Å². The van der Waals surface area contributed by atoms with Gasteiger partial charge in [-0.2, -0.15) is 0 Å². The molecular weight excluding hydrogens is 364 g/mol. The lowest BCUT2D eigenvalue weighted by atomic mass is 9.90. The highest BCUT2D eigenvalue weighted by Crippen LogP contribution is 2.35. The topological polar surface area (TPSA) is 60.3 Å². The normalized spacial score (nSPS) is 18.9. The summed E-state index contributed by atoms with van der Waals surface area (Å²) in [5.41, 5.74) is 4.92. The van der Waals surface area contributed by atoms with Crippen LogP contribution >= 0.6 is 0 Å². The number of hydrogen-bond donors (Lipinski definition) is 2. The average Bonchev–Trinajstić information content (AvgIpc) is 2.88. The van der Waals surface area contributed by atoms with Crippen molar-refractivity contribution in [3.8, 4) is 11.5 Å². The minimum Gasteiger partial charge on any atom is -0.493 e. The van der Waals surface area contributed by atoms with Crippen LogP contribution < -0.4 is 20.1 Å². The molecule has 1 aromatic carbocycles. The monoisotopic (exact) mass is 394 g/mol. The number of nitrogens with zero attached hydrogens (tertiary/aromatic N) is 2. The van der Waals surface area contributed by atoms with Crippen molar-refractivity contribution in [1.29, 1.82) is 0 Å². The minimum absolute atomic E-state index is 0.135. The van der Waals surface area contributed by atoms with E-state index in [4.69, 9.17) is 14.5 Å². The van der Waals surface area contributed by atoms with E-state index in [1.807, 2.05) is 18.2 Å². The zero-order valence-corrected chi connectivity index (χ0v) is 17.9. The van der Waals surface area contributed by atoms with Crippen LogP contribution in [0.25, 0.3) is 11.0 Å². The third-order valence-electron chi connectivity index (χ3n) is 6.24. The standard InChI is InChI=1S/C23H30N4O2/c1-23(24-2)12-6-7-18-17(14-23)16-9-11-21(26-22(16)27(18)3)25-15-8-10-19(28-4)20(13-15)29-5/h8-11,13,24H,6-7,12,14H2,1-5H3,(H,25,26). The molecule has 0 spiro atoms. The molecule has 3 aromatic rings. The number of anilines is 2. The van der Waals surface area contributed by atoms with Crippen LogP contribution in [0, 0.1) is 0 Å². The lowest BCUT2D eigenvalue weighted by molar-refractivity contribution is 0.355. The molecule has 2 aromatic heterocycles. The van der Waals surface area contributed by atoms with Crippen LogP contribution in [-0.2, 0) is 19.9 Å². The van der Waals surface area contributed by atoms with Crippen LogP contribution in [0.1, 0.15) is 31.0 Å². The van der Waals surface area contributed by atoms with Gasteiger partial charge in [-0.05, 0) is 69.5 Å². The first kappa shape index (κ1) is 19.6. The summed E-state index contributed by atoms with van der Waals surface area (Å²) in [6.45, 7) is 2.32. The Morgan fingerprint density at radius 3 is 2.62 bits per heavy atom. The number of aryl methyl sites for hydroxylation is 1. The Morgan fingerprint density at radius 2 is 1.90 bits per heavy atom. The molecule has 1 atom stereocenters. The van der Waals surface area contributed by atoms with Gasteiger partial charge in [0, 0.05) is 35.4 Å². The fourth-order valence-corrected chi connectivity index (χ4v) is 4.41. The summed E-state index contributed by atoms with van der Waals surface area (Å²) >= 11 is 0. The molecule has 0 saturated heterocycles. The minimum atomic E-state index is 0.135. The van der Waals surface area contributed by atoms with Gasteiger partial charge in [-0.15, -0.1) is 0 Å². The maximum absolute atomic E-state index is 5.41. The van der Waals surface area contributed by atoms with Crippen molar-refractivity contribution >= 4 is 22.5 Å². The smallest absolute Gasteiger partial charge is 0.162 e. The summed E-state index contributed by atoms with van der Waals surface area (Å²) < 4.78 is 13.0. The van der Waals surface area contributed by atoms with E-state index in [1.54, 1.807) is 14.2 Å².